The summed E-state index contributed by atoms with van der Waals surface area (Å²) in [7, 11) is 0. The second-order valence-electron chi connectivity index (χ2n) is 4.96. The molecular weight excluding hydrogens is 254 g/mol. The van der Waals surface area contributed by atoms with Gasteiger partial charge in [-0.15, -0.1) is 0 Å². The van der Waals surface area contributed by atoms with Gasteiger partial charge in [0.2, 0.25) is 0 Å². The van der Waals surface area contributed by atoms with Crippen molar-refractivity contribution >= 4 is 5.97 Å². The molecule has 0 aromatic carbocycles. The molecule has 0 amide bonds. The number of likely N-dealkylation sites (tertiary alicyclic amines) is 1. The fourth-order valence-corrected chi connectivity index (χ4v) is 2.42. The van der Waals surface area contributed by atoms with Crippen molar-refractivity contribution in [1.82, 2.24) is 14.9 Å². The molecule has 5 heteroatoms. The van der Waals surface area contributed by atoms with E-state index in [-0.39, 0.29) is 5.69 Å². The van der Waals surface area contributed by atoms with Crippen LogP contribution in [-0.4, -0.2) is 39.0 Å². The van der Waals surface area contributed by atoms with Gasteiger partial charge in [-0.25, -0.2) is 9.78 Å². The Morgan fingerprint density at radius 2 is 2.10 bits per heavy atom. The second-order valence-corrected chi connectivity index (χ2v) is 4.96. The Kier molecular flexibility index (Phi) is 3.43. The average molecular weight is 269 g/mol. The van der Waals surface area contributed by atoms with Crippen LogP contribution < -0.4 is 0 Å². The SMILES string of the molecule is O=C(O)c1cccc(CN2CC(c3ccccn3)C2)n1. The van der Waals surface area contributed by atoms with Crippen molar-refractivity contribution in [3.8, 4) is 0 Å². The second kappa shape index (κ2) is 5.38. The van der Waals surface area contributed by atoms with E-state index in [1.54, 1.807) is 6.07 Å². The van der Waals surface area contributed by atoms with Gasteiger partial charge in [-0.3, -0.25) is 9.88 Å². The number of carbonyl (C=O) groups is 1. The highest BCUT2D eigenvalue weighted by Crippen LogP contribution is 2.26. The van der Waals surface area contributed by atoms with Crippen LogP contribution in [0.25, 0.3) is 0 Å². The maximum atomic E-state index is 10.9. The van der Waals surface area contributed by atoms with E-state index >= 15 is 0 Å². The summed E-state index contributed by atoms with van der Waals surface area (Å²) in [6.45, 7) is 2.57. The lowest BCUT2D eigenvalue weighted by Gasteiger charge is -2.38. The summed E-state index contributed by atoms with van der Waals surface area (Å²) in [5.74, 6) is -0.513. The Morgan fingerprint density at radius 3 is 2.80 bits per heavy atom. The summed E-state index contributed by atoms with van der Waals surface area (Å²) in [5.41, 5.74) is 2.02. The average Bonchev–Trinajstić information content (AvgIpc) is 2.43. The molecule has 0 saturated carbocycles. The van der Waals surface area contributed by atoms with Crippen LogP contribution in [0.3, 0.4) is 0 Å². The van der Waals surface area contributed by atoms with Gasteiger partial charge in [-0.2, -0.15) is 0 Å². The molecule has 102 valence electrons. The first-order valence-corrected chi connectivity index (χ1v) is 6.55. The first-order valence-electron chi connectivity index (χ1n) is 6.55. The van der Waals surface area contributed by atoms with Crippen LogP contribution in [0.1, 0.15) is 27.8 Å². The molecule has 0 unspecified atom stereocenters. The Morgan fingerprint density at radius 1 is 1.25 bits per heavy atom. The Bertz CT molecular complexity index is 610. The maximum absolute atomic E-state index is 10.9. The van der Waals surface area contributed by atoms with Crippen LogP contribution in [-0.2, 0) is 6.54 Å². The zero-order chi connectivity index (χ0) is 13.9. The fourth-order valence-electron chi connectivity index (χ4n) is 2.42. The van der Waals surface area contributed by atoms with E-state index in [1.165, 1.54) is 6.07 Å². The first-order chi connectivity index (χ1) is 9.72. The third-order valence-electron chi connectivity index (χ3n) is 3.47. The van der Waals surface area contributed by atoms with Crippen LogP contribution in [0.15, 0.2) is 42.6 Å². The molecular formula is C15H15N3O2. The van der Waals surface area contributed by atoms with Crippen molar-refractivity contribution in [1.29, 1.82) is 0 Å². The number of rotatable bonds is 4. The number of nitrogens with zero attached hydrogens (tertiary/aromatic N) is 3. The Labute approximate surface area is 116 Å². The van der Waals surface area contributed by atoms with Crippen LogP contribution in [0, 0.1) is 0 Å². The Hall–Kier alpha value is -2.27. The molecule has 0 bridgehead atoms. The lowest BCUT2D eigenvalue weighted by atomic mass is 9.95. The zero-order valence-electron chi connectivity index (χ0n) is 10.9. The minimum Gasteiger partial charge on any atom is -0.477 e. The molecule has 2 aromatic heterocycles. The van der Waals surface area contributed by atoms with Crippen molar-refractivity contribution in [2.75, 3.05) is 13.1 Å². The monoisotopic (exact) mass is 269 g/mol. The van der Waals surface area contributed by atoms with Crippen molar-refractivity contribution in [2.45, 2.75) is 12.5 Å². The molecule has 5 nitrogen and oxygen atoms in total. The van der Waals surface area contributed by atoms with Crippen LogP contribution in [0.5, 0.6) is 0 Å². The van der Waals surface area contributed by atoms with Gasteiger partial charge in [0.05, 0.1) is 5.69 Å². The molecule has 3 heterocycles. The summed E-state index contributed by atoms with van der Waals surface area (Å²) in [5, 5.41) is 8.92. The predicted molar refractivity (Wildman–Crippen MR) is 73.5 cm³/mol. The van der Waals surface area contributed by atoms with Gasteiger partial charge in [0.25, 0.3) is 0 Å². The largest absolute Gasteiger partial charge is 0.477 e. The van der Waals surface area contributed by atoms with Crippen molar-refractivity contribution < 1.29 is 9.90 Å². The van der Waals surface area contributed by atoms with Crippen LogP contribution in [0.4, 0.5) is 0 Å². The molecule has 20 heavy (non-hydrogen) atoms. The summed E-state index contributed by atoms with van der Waals surface area (Å²) in [4.78, 5) is 21.6. The minimum atomic E-state index is -0.984. The normalized spacial score (nSPS) is 15.8. The van der Waals surface area contributed by atoms with Crippen molar-refractivity contribution in [2.24, 2.45) is 0 Å². The van der Waals surface area contributed by atoms with E-state index in [9.17, 15) is 4.79 Å². The number of hydrogen-bond acceptors (Lipinski definition) is 4. The van der Waals surface area contributed by atoms with E-state index in [0.717, 1.165) is 24.5 Å². The molecule has 0 aliphatic carbocycles. The molecule has 1 fully saturated rings. The van der Waals surface area contributed by atoms with Gasteiger partial charge in [0, 0.05) is 37.4 Å². The predicted octanol–water partition coefficient (Wildman–Crippen LogP) is 1.77. The van der Waals surface area contributed by atoms with E-state index in [0.29, 0.717) is 12.5 Å². The maximum Gasteiger partial charge on any atom is 0.354 e. The quantitative estimate of drug-likeness (QED) is 0.916. The van der Waals surface area contributed by atoms with Gasteiger partial charge >= 0.3 is 5.97 Å². The van der Waals surface area contributed by atoms with E-state index in [1.807, 2.05) is 30.5 Å². The van der Waals surface area contributed by atoms with Gasteiger partial charge in [-0.05, 0) is 24.3 Å². The fraction of sp³-hybridized carbons (Fsp3) is 0.267. The lowest BCUT2D eigenvalue weighted by Crippen LogP contribution is -2.44. The molecule has 1 N–H and O–H groups in total. The highest BCUT2D eigenvalue weighted by Gasteiger charge is 2.29. The molecule has 0 spiro atoms. The third kappa shape index (κ3) is 2.67. The molecule has 1 aliphatic heterocycles. The number of carboxylic acid groups (broad SMARTS) is 1. The number of pyridine rings is 2. The zero-order valence-corrected chi connectivity index (χ0v) is 10.9. The smallest absolute Gasteiger partial charge is 0.354 e. The van der Waals surface area contributed by atoms with Gasteiger partial charge in [0.1, 0.15) is 5.69 Å². The summed E-state index contributed by atoms with van der Waals surface area (Å²) in [6.07, 6.45) is 1.82. The number of hydrogen-bond donors (Lipinski definition) is 1. The number of aromatic nitrogens is 2. The van der Waals surface area contributed by atoms with E-state index in [4.69, 9.17) is 5.11 Å². The summed E-state index contributed by atoms with van der Waals surface area (Å²) < 4.78 is 0. The van der Waals surface area contributed by atoms with Crippen LogP contribution in [0.2, 0.25) is 0 Å². The highest BCUT2D eigenvalue weighted by molar-refractivity contribution is 5.85. The third-order valence-corrected chi connectivity index (χ3v) is 3.47. The van der Waals surface area contributed by atoms with Crippen molar-refractivity contribution in [3.05, 3.63) is 59.7 Å². The standard InChI is InChI=1S/C15H15N3O2/c19-15(20)14-6-3-4-12(17-14)10-18-8-11(9-18)13-5-1-2-7-16-13/h1-7,11H,8-10H2,(H,19,20). The number of aromatic carboxylic acids is 1. The molecule has 3 rings (SSSR count). The molecule has 1 aliphatic rings. The summed E-state index contributed by atoms with van der Waals surface area (Å²) >= 11 is 0. The minimum absolute atomic E-state index is 0.101. The van der Waals surface area contributed by atoms with Crippen molar-refractivity contribution in [3.63, 3.8) is 0 Å². The molecule has 0 radical (unpaired) electrons. The molecule has 1 saturated heterocycles. The van der Waals surface area contributed by atoms with Gasteiger partial charge < -0.3 is 5.11 Å². The van der Waals surface area contributed by atoms with Gasteiger partial charge in [-0.1, -0.05) is 12.1 Å². The summed E-state index contributed by atoms with van der Waals surface area (Å²) in [6, 6.07) is 11.1. The van der Waals surface area contributed by atoms with E-state index < -0.39 is 5.97 Å². The topological polar surface area (TPSA) is 66.3 Å². The van der Waals surface area contributed by atoms with Crippen LogP contribution >= 0.6 is 0 Å². The van der Waals surface area contributed by atoms with Gasteiger partial charge in [0.15, 0.2) is 0 Å². The number of carboxylic acids is 1. The molecule has 2 aromatic rings. The Balaban J connectivity index is 1.59. The lowest BCUT2D eigenvalue weighted by molar-refractivity contribution is 0.0689. The highest BCUT2D eigenvalue weighted by atomic mass is 16.4. The first kappa shape index (κ1) is 12.7. The molecule has 0 atom stereocenters. The van der Waals surface area contributed by atoms with E-state index in [2.05, 4.69) is 14.9 Å².